The fourth-order valence-electron chi connectivity index (χ4n) is 6.94. The highest BCUT2D eigenvalue weighted by Gasteiger charge is 2.32. The van der Waals surface area contributed by atoms with Gasteiger partial charge in [0.05, 0.1) is 13.1 Å². The summed E-state index contributed by atoms with van der Waals surface area (Å²) in [6, 6.07) is 20.9. The van der Waals surface area contributed by atoms with E-state index < -0.39 is 20.0 Å². The molecule has 12 nitrogen and oxygen atoms in total. The molecule has 0 unspecified atom stereocenters. The molecule has 2 aromatic heterocycles. The average Bonchev–Trinajstić information content (AvgIpc) is 3.96. The maximum atomic E-state index is 13.0. The highest BCUT2D eigenvalue weighted by atomic mass is 35.5. The highest BCUT2D eigenvalue weighted by molar-refractivity contribution is 7.91. The summed E-state index contributed by atoms with van der Waals surface area (Å²) in [5, 5.41) is 13.9. The molecule has 2 fully saturated rings. The number of piperidine rings is 2. The van der Waals surface area contributed by atoms with Crippen LogP contribution in [0.4, 0.5) is 0 Å². The van der Waals surface area contributed by atoms with Crippen LogP contribution in [0.2, 0.25) is 10.0 Å². The van der Waals surface area contributed by atoms with Crippen molar-refractivity contribution in [2.24, 2.45) is 0 Å². The summed E-state index contributed by atoms with van der Waals surface area (Å²) in [5.41, 5.74) is 1.03. The number of thiophene rings is 2. The lowest BCUT2D eigenvalue weighted by Gasteiger charge is -2.31. The van der Waals surface area contributed by atoms with Crippen molar-refractivity contribution >= 4 is 77.7 Å². The van der Waals surface area contributed by atoms with Crippen LogP contribution in [0.25, 0.3) is 0 Å². The van der Waals surface area contributed by atoms with Gasteiger partial charge in [-0.3, -0.25) is 9.59 Å². The lowest BCUT2D eigenvalue weighted by molar-refractivity contribution is 0.0943. The van der Waals surface area contributed by atoms with Gasteiger partial charge in [-0.2, -0.15) is 8.61 Å². The Kier molecular flexibility index (Phi) is 19.5. The van der Waals surface area contributed by atoms with Crippen LogP contribution in [0.5, 0.6) is 0 Å². The van der Waals surface area contributed by atoms with E-state index in [1.807, 2.05) is 0 Å². The molecule has 2 aliphatic heterocycles. The molecule has 0 aliphatic carbocycles. The van der Waals surface area contributed by atoms with E-state index in [2.05, 4.69) is 35.1 Å². The minimum Gasteiger partial charge on any atom is -0.347 e. The summed E-state index contributed by atoms with van der Waals surface area (Å²) >= 11 is 14.1. The van der Waals surface area contributed by atoms with E-state index in [4.69, 9.17) is 23.2 Å². The van der Waals surface area contributed by atoms with Crippen LogP contribution in [-0.4, -0.2) is 88.6 Å². The molecule has 0 spiro atoms. The summed E-state index contributed by atoms with van der Waals surface area (Å²) in [6.45, 7) is 9.05. The standard InChI is InChI=1S/C22H30ClN3O3S2.C21H28ClN3O3S2/c1-2-3-4-13-24-19-11-14-26(15-12-19)31(28,29)21-10-9-20(30-21)16-25-22(27)17-5-7-18(23)8-6-17;1-2-3-12-23-18-10-13-25(14-11-18)30(27,28)20-9-8-19(29-20)15-24-21(26)16-4-6-17(22)7-5-16/h5-10,19,24H,2-4,11-16H2,1H3,(H,25,27);4-9,18,23H,2-3,10-15H2,1H3,(H,24,26). The predicted octanol–water partition coefficient (Wildman–Crippen LogP) is 8.14. The maximum Gasteiger partial charge on any atom is 0.252 e. The van der Waals surface area contributed by atoms with Crippen molar-refractivity contribution in [2.45, 2.75) is 105 Å². The van der Waals surface area contributed by atoms with Crippen molar-refractivity contribution in [3.05, 3.63) is 104 Å². The van der Waals surface area contributed by atoms with Gasteiger partial charge in [0.15, 0.2) is 0 Å². The van der Waals surface area contributed by atoms with Crippen LogP contribution in [0.15, 0.2) is 81.2 Å². The van der Waals surface area contributed by atoms with E-state index in [0.29, 0.717) is 67.9 Å². The van der Waals surface area contributed by atoms with Gasteiger partial charge in [-0.05, 0) is 124 Å². The normalized spacial score (nSPS) is 15.9. The number of hydrogen-bond donors (Lipinski definition) is 4. The van der Waals surface area contributed by atoms with Gasteiger partial charge in [0.25, 0.3) is 31.9 Å². The lowest BCUT2D eigenvalue weighted by atomic mass is 10.1. The fourth-order valence-corrected chi connectivity index (χ4v) is 13.0. The number of hydrogen-bond acceptors (Lipinski definition) is 10. The van der Waals surface area contributed by atoms with Crippen LogP contribution < -0.4 is 21.3 Å². The summed E-state index contributed by atoms with van der Waals surface area (Å²) in [7, 11) is -6.98. The molecule has 0 bridgehead atoms. The van der Waals surface area contributed by atoms with E-state index in [1.165, 1.54) is 41.9 Å². The lowest BCUT2D eigenvalue weighted by Crippen LogP contribution is -2.44. The molecule has 18 heteroatoms. The molecular weight excluding hydrogens is 896 g/mol. The van der Waals surface area contributed by atoms with Gasteiger partial charge in [-0.25, -0.2) is 16.8 Å². The average molecular weight is 954 g/mol. The molecule has 0 atom stereocenters. The first-order chi connectivity index (χ1) is 29.3. The second-order valence-corrected chi connectivity index (χ2v) is 22.7. The zero-order valence-corrected chi connectivity index (χ0v) is 39.6. The molecule has 0 saturated carbocycles. The van der Waals surface area contributed by atoms with Crippen LogP contribution in [0.3, 0.4) is 0 Å². The third-order valence-electron chi connectivity index (χ3n) is 10.6. The largest absolute Gasteiger partial charge is 0.347 e. The van der Waals surface area contributed by atoms with Crippen molar-refractivity contribution in [1.29, 1.82) is 0 Å². The third kappa shape index (κ3) is 14.8. The first-order valence-electron chi connectivity index (χ1n) is 21.0. The summed E-state index contributed by atoms with van der Waals surface area (Å²) in [5.74, 6) is -0.440. The molecule has 2 saturated heterocycles. The van der Waals surface area contributed by atoms with Gasteiger partial charge in [0.2, 0.25) is 0 Å². The monoisotopic (exact) mass is 952 g/mol. The fraction of sp³-hybridized carbons (Fsp3) is 0.488. The van der Waals surface area contributed by atoms with Gasteiger partial charge >= 0.3 is 0 Å². The number of rotatable bonds is 19. The van der Waals surface area contributed by atoms with Crippen molar-refractivity contribution < 1.29 is 26.4 Å². The predicted molar refractivity (Wildman–Crippen MR) is 248 cm³/mol. The zero-order chi connectivity index (χ0) is 43.8. The molecule has 2 aromatic carbocycles. The van der Waals surface area contributed by atoms with Crippen LogP contribution >= 0.6 is 45.9 Å². The Morgan fingerprint density at radius 1 is 0.574 bits per heavy atom. The van der Waals surface area contributed by atoms with Gasteiger partial charge < -0.3 is 21.3 Å². The molecule has 6 rings (SSSR count). The van der Waals surface area contributed by atoms with Crippen molar-refractivity contribution in [1.82, 2.24) is 29.9 Å². The number of halogens is 2. The van der Waals surface area contributed by atoms with E-state index >= 15 is 0 Å². The number of nitrogens with zero attached hydrogens (tertiary/aromatic N) is 2. The highest BCUT2D eigenvalue weighted by Crippen LogP contribution is 2.29. The topological polar surface area (TPSA) is 157 Å². The number of unbranched alkanes of at least 4 members (excludes halogenated alkanes) is 3. The second kappa shape index (κ2) is 24.2. The molecule has 0 radical (unpaired) electrons. The summed E-state index contributed by atoms with van der Waals surface area (Å²) in [4.78, 5) is 26.1. The molecule has 4 heterocycles. The minimum absolute atomic E-state index is 0.219. The Bertz CT molecular complexity index is 2200. The van der Waals surface area contributed by atoms with Crippen LogP contribution in [-0.2, 0) is 33.1 Å². The van der Waals surface area contributed by atoms with Crippen molar-refractivity contribution in [3.63, 3.8) is 0 Å². The van der Waals surface area contributed by atoms with Gasteiger partial charge in [-0.1, -0.05) is 56.3 Å². The number of amides is 2. The number of sulfonamides is 2. The Hall–Kier alpha value is -2.90. The first-order valence-corrected chi connectivity index (χ1v) is 26.3. The van der Waals surface area contributed by atoms with Crippen LogP contribution in [0.1, 0.15) is 102 Å². The molecule has 4 aromatic rings. The first kappa shape index (κ1) is 49.1. The molecule has 2 amide bonds. The Morgan fingerprint density at radius 3 is 1.33 bits per heavy atom. The van der Waals surface area contributed by atoms with Crippen molar-refractivity contribution in [2.75, 3.05) is 39.3 Å². The third-order valence-corrected chi connectivity index (χ3v) is 18.0. The quantitative estimate of drug-likeness (QED) is 0.0687. The maximum absolute atomic E-state index is 13.0. The van der Waals surface area contributed by atoms with E-state index in [-0.39, 0.29) is 24.9 Å². The second-order valence-electron chi connectivity index (χ2n) is 15.1. The number of nitrogens with one attached hydrogen (secondary N) is 4. The number of carbonyl (C=O) groups excluding carboxylic acids is 2. The molecular formula is C43H58Cl2N6O6S4. The number of benzene rings is 2. The van der Waals surface area contributed by atoms with Gasteiger partial charge in [0, 0.05) is 69.2 Å². The molecule has 4 N–H and O–H groups in total. The molecule has 2 aliphatic rings. The molecule has 61 heavy (non-hydrogen) atoms. The number of carbonyl (C=O) groups is 2. The summed E-state index contributed by atoms with van der Waals surface area (Å²) in [6.07, 6.45) is 9.22. The summed E-state index contributed by atoms with van der Waals surface area (Å²) < 4.78 is 55.8. The van der Waals surface area contributed by atoms with Crippen molar-refractivity contribution in [3.8, 4) is 0 Å². The van der Waals surface area contributed by atoms with E-state index in [1.54, 1.807) is 81.4 Å². The zero-order valence-electron chi connectivity index (χ0n) is 34.8. The Balaban J connectivity index is 0.000000231. The minimum atomic E-state index is -3.49. The van der Waals surface area contributed by atoms with E-state index in [0.717, 1.165) is 61.4 Å². The van der Waals surface area contributed by atoms with Crippen LogP contribution in [0, 0.1) is 0 Å². The van der Waals surface area contributed by atoms with E-state index in [9.17, 15) is 26.4 Å². The smallest absolute Gasteiger partial charge is 0.252 e. The molecule has 334 valence electrons. The van der Waals surface area contributed by atoms with Gasteiger partial charge in [0.1, 0.15) is 8.42 Å². The van der Waals surface area contributed by atoms with Gasteiger partial charge in [-0.15, -0.1) is 22.7 Å². The Labute approximate surface area is 379 Å². The Morgan fingerprint density at radius 2 is 0.951 bits per heavy atom. The SMILES string of the molecule is CCCCCNC1CCN(S(=O)(=O)c2ccc(CNC(=O)c3ccc(Cl)cc3)s2)CC1.CCCCNC1CCN(S(=O)(=O)c2ccc(CNC(=O)c3ccc(Cl)cc3)s2)CC1.